The molecule has 0 aliphatic carbocycles. The summed E-state index contributed by atoms with van der Waals surface area (Å²) in [6.45, 7) is 6.94. The van der Waals surface area contributed by atoms with E-state index < -0.39 is 0 Å². The van der Waals surface area contributed by atoms with Gasteiger partial charge in [0.1, 0.15) is 10.8 Å². The molecule has 1 aliphatic rings. The van der Waals surface area contributed by atoms with Gasteiger partial charge in [-0.15, -0.1) is 11.3 Å². The predicted octanol–water partition coefficient (Wildman–Crippen LogP) is 2.62. The number of rotatable bonds is 7. The van der Waals surface area contributed by atoms with Crippen molar-refractivity contribution >= 4 is 11.3 Å². The van der Waals surface area contributed by atoms with Crippen LogP contribution >= 0.6 is 11.3 Å². The summed E-state index contributed by atoms with van der Waals surface area (Å²) >= 11 is 1.68. The van der Waals surface area contributed by atoms with Gasteiger partial charge in [-0.05, 0) is 17.7 Å². The smallest absolute Gasteiger partial charge is 0.119 e. The van der Waals surface area contributed by atoms with Crippen molar-refractivity contribution < 1.29 is 9.47 Å². The van der Waals surface area contributed by atoms with E-state index in [4.69, 9.17) is 9.47 Å². The first-order valence-corrected chi connectivity index (χ1v) is 9.14. The Kier molecular flexibility index (Phi) is 6.20. The van der Waals surface area contributed by atoms with Crippen LogP contribution in [0.1, 0.15) is 16.3 Å². The van der Waals surface area contributed by atoms with E-state index in [0.29, 0.717) is 6.61 Å². The van der Waals surface area contributed by atoms with Crippen molar-refractivity contribution in [2.45, 2.75) is 19.7 Å². The third-order valence-electron chi connectivity index (χ3n) is 4.28. The van der Waals surface area contributed by atoms with Gasteiger partial charge >= 0.3 is 0 Å². The third kappa shape index (κ3) is 4.77. The van der Waals surface area contributed by atoms with Gasteiger partial charge in [-0.25, -0.2) is 4.98 Å². The molecule has 1 saturated heterocycles. The van der Waals surface area contributed by atoms with Gasteiger partial charge in [-0.1, -0.05) is 12.1 Å². The average molecular weight is 347 g/mol. The highest BCUT2D eigenvalue weighted by Crippen LogP contribution is 2.16. The molecule has 6 heteroatoms. The molecule has 24 heavy (non-hydrogen) atoms. The van der Waals surface area contributed by atoms with Crippen LogP contribution in [0.2, 0.25) is 0 Å². The lowest BCUT2D eigenvalue weighted by atomic mass is 10.2. The molecule has 0 saturated carbocycles. The molecule has 0 spiro atoms. The number of nitrogens with zero attached hydrogens (tertiary/aromatic N) is 3. The lowest BCUT2D eigenvalue weighted by Gasteiger charge is -2.34. The van der Waals surface area contributed by atoms with Crippen molar-refractivity contribution in [2.24, 2.45) is 0 Å². The molecule has 0 radical (unpaired) electrons. The SMILES string of the molecule is COCc1nc(CN2CCN(Cc3ccc(OC)cc3)CC2)cs1. The maximum atomic E-state index is 5.21. The van der Waals surface area contributed by atoms with E-state index in [-0.39, 0.29) is 0 Å². The molecular weight excluding hydrogens is 322 g/mol. The fourth-order valence-corrected chi connectivity index (χ4v) is 3.69. The zero-order valence-electron chi connectivity index (χ0n) is 14.4. The monoisotopic (exact) mass is 347 g/mol. The molecule has 1 fully saturated rings. The molecule has 0 atom stereocenters. The molecule has 130 valence electrons. The number of ether oxygens (including phenoxy) is 2. The summed E-state index contributed by atoms with van der Waals surface area (Å²) in [5.41, 5.74) is 2.50. The normalized spacial score (nSPS) is 16.4. The van der Waals surface area contributed by atoms with Crippen LogP contribution in [0, 0.1) is 0 Å². The minimum atomic E-state index is 0.611. The van der Waals surface area contributed by atoms with Gasteiger partial charge in [-0.3, -0.25) is 9.80 Å². The lowest BCUT2D eigenvalue weighted by molar-refractivity contribution is 0.121. The standard InChI is InChI=1S/C18H25N3O2S/c1-22-13-18-19-16(14-24-18)12-21-9-7-20(8-10-21)11-15-3-5-17(23-2)6-4-15/h3-6,14H,7-13H2,1-2H3. The van der Waals surface area contributed by atoms with E-state index in [1.54, 1.807) is 25.6 Å². The molecule has 0 amide bonds. The number of thiazole rings is 1. The molecule has 0 bridgehead atoms. The minimum absolute atomic E-state index is 0.611. The van der Waals surface area contributed by atoms with Crippen molar-refractivity contribution in [1.29, 1.82) is 0 Å². The Balaban J connectivity index is 1.44. The van der Waals surface area contributed by atoms with Crippen molar-refractivity contribution in [1.82, 2.24) is 14.8 Å². The van der Waals surface area contributed by atoms with Gasteiger partial charge in [0.05, 0.1) is 19.4 Å². The Morgan fingerprint density at radius 1 is 1.00 bits per heavy atom. The van der Waals surface area contributed by atoms with Crippen molar-refractivity contribution in [2.75, 3.05) is 40.4 Å². The average Bonchev–Trinajstić information content (AvgIpc) is 3.05. The Morgan fingerprint density at radius 2 is 1.67 bits per heavy atom. The molecule has 1 aromatic carbocycles. The Bertz CT molecular complexity index is 621. The van der Waals surface area contributed by atoms with Gasteiger partial charge < -0.3 is 9.47 Å². The second kappa shape index (κ2) is 8.58. The number of hydrogen-bond acceptors (Lipinski definition) is 6. The van der Waals surface area contributed by atoms with Crippen LogP contribution in [-0.4, -0.2) is 55.2 Å². The van der Waals surface area contributed by atoms with Crippen LogP contribution in [0.5, 0.6) is 5.75 Å². The van der Waals surface area contributed by atoms with Crippen LogP contribution in [0.4, 0.5) is 0 Å². The van der Waals surface area contributed by atoms with Crippen LogP contribution in [0.25, 0.3) is 0 Å². The summed E-state index contributed by atoms with van der Waals surface area (Å²) in [7, 11) is 3.41. The van der Waals surface area contributed by atoms with Gasteiger partial charge in [0.25, 0.3) is 0 Å². The quantitative estimate of drug-likeness (QED) is 0.770. The molecule has 1 aliphatic heterocycles. The highest BCUT2D eigenvalue weighted by Gasteiger charge is 2.18. The molecular formula is C18H25N3O2S. The summed E-state index contributed by atoms with van der Waals surface area (Å²) in [4.78, 5) is 9.62. The van der Waals surface area contributed by atoms with Gasteiger partial charge in [-0.2, -0.15) is 0 Å². The summed E-state index contributed by atoms with van der Waals surface area (Å²) in [6, 6.07) is 8.37. The second-order valence-corrected chi connectivity index (χ2v) is 7.01. The molecule has 1 aromatic heterocycles. The predicted molar refractivity (Wildman–Crippen MR) is 96.4 cm³/mol. The van der Waals surface area contributed by atoms with Crippen LogP contribution in [0.15, 0.2) is 29.6 Å². The number of piperazine rings is 1. The second-order valence-electron chi connectivity index (χ2n) is 6.07. The van der Waals surface area contributed by atoms with Crippen molar-refractivity contribution in [3.63, 3.8) is 0 Å². The number of hydrogen-bond donors (Lipinski definition) is 0. The highest BCUT2D eigenvalue weighted by atomic mass is 32.1. The van der Waals surface area contributed by atoms with Gasteiger partial charge in [0, 0.05) is 51.8 Å². The maximum absolute atomic E-state index is 5.21. The zero-order valence-corrected chi connectivity index (χ0v) is 15.2. The lowest BCUT2D eigenvalue weighted by Crippen LogP contribution is -2.45. The summed E-state index contributed by atoms with van der Waals surface area (Å²) < 4.78 is 10.3. The number of aromatic nitrogens is 1. The number of methoxy groups -OCH3 is 2. The van der Waals surface area contributed by atoms with E-state index in [0.717, 1.165) is 55.7 Å². The van der Waals surface area contributed by atoms with Crippen molar-refractivity contribution in [3.8, 4) is 5.75 Å². The summed E-state index contributed by atoms with van der Waals surface area (Å²) in [5.74, 6) is 0.916. The van der Waals surface area contributed by atoms with Crippen LogP contribution in [-0.2, 0) is 24.4 Å². The van der Waals surface area contributed by atoms with E-state index >= 15 is 0 Å². The molecule has 2 heterocycles. The topological polar surface area (TPSA) is 37.8 Å². The molecule has 3 rings (SSSR count). The maximum Gasteiger partial charge on any atom is 0.119 e. The minimum Gasteiger partial charge on any atom is -0.497 e. The van der Waals surface area contributed by atoms with Crippen molar-refractivity contribution in [3.05, 3.63) is 45.9 Å². The van der Waals surface area contributed by atoms with Gasteiger partial charge in [0.15, 0.2) is 0 Å². The first-order valence-electron chi connectivity index (χ1n) is 8.26. The first kappa shape index (κ1) is 17.4. The van der Waals surface area contributed by atoms with E-state index in [9.17, 15) is 0 Å². The zero-order chi connectivity index (χ0) is 16.8. The van der Waals surface area contributed by atoms with Crippen LogP contribution in [0.3, 0.4) is 0 Å². The van der Waals surface area contributed by atoms with E-state index in [2.05, 4.69) is 32.3 Å². The summed E-state index contributed by atoms with van der Waals surface area (Å²) in [5, 5.41) is 3.21. The van der Waals surface area contributed by atoms with Crippen LogP contribution < -0.4 is 4.74 Å². The van der Waals surface area contributed by atoms with Gasteiger partial charge in [0.2, 0.25) is 0 Å². The van der Waals surface area contributed by atoms with E-state index in [1.807, 2.05) is 12.1 Å². The Morgan fingerprint density at radius 3 is 2.29 bits per heavy atom. The largest absolute Gasteiger partial charge is 0.497 e. The fraction of sp³-hybridized carbons (Fsp3) is 0.500. The molecule has 2 aromatic rings. The third-order valence-corrected chi connectivity index (χ3v) is 5.15. The number of benzene rings is 1. The fourth-order valence-electron chi connectivity index (χ4n) is 2.94. The molecule has 5 nitrogen and oxygen atoms in total. The Labute approximate surface area is 147 Å². The first-order chi connectivity index (χ1) is 11.8. The highest BCUT2D eigenvalue weighted by molar-refractivity contribution is 7.09. The Hall–Kier alpha value is -1.47. The van der Waals surface area contributed by atoms with E-state index in [1.165, 1.54) is 5.56 Å². The molecule has 0 unspecified atom stereocenters. The summed E-state index contributed by atoms with van der Waals surface area (Å²) in [6.07, 6.45) is 0. The molecule has 0 N–H and O–H groups in total.